The lowest BCUT2D eigenvalue weighted by atomic mass is 10.1. The molecule has 1 aliphatic heterocycles. The maximum Gasteiger partial charge on any atom is 0.264 e. The number of carbonyl (C=O) groups excluding carboxylic acids is 1. The second kappa shape index (κ2) is 8.42. The topological polar surface area (TPSA) is 51.2 Å². The molecule has 1 saturated heterocycles. The molecular formula is C19H24N2O4S. The first-order valence-corrected chi connectivity index (χ1v) is 9.38. The van der Waals surface area contributed by atoms with E-state index >= 15 is 0 Å². The van der Waals surface area contributed by atoms with Crippen molar-refractivity contribution in [2.45, 2.75) is 6.54 Å². The van der Waals surface area contributed by atoms with Crippen LogP contribution in [-0.2, 0) is 6.54 Å². The van der Waals surface area contributed by atoms with Crippen molar-refractivity contribution in [2.75, 3.05) is 47.5 Å². The van der Waals surface area contributed by atoms with Crippen LogP contribution < -0.4 is 14.2 Å². The van der Waals surface area contributed by atoms with Crippen molar-refractivity contribution in [3.8, 4) is 17.2 Å². The summed E-state index contributed by atoms with van der Waals surface area (Å²) in [7, 11) is 4.90. The van der Waals surface area contributed by atoms with E-state index in [-0.39, 0.29) is 5.91 Å². The maximum absolute atomic E-state index is 12.4. The van der Waals surface area contributed by atoms with Gasteiger partial charge in [0.1, 0.15) is 5.75 Å². The summed E-state index contributed by atoms with van der Waals surface area (Å²) in [4.78, 5) is 17.5. The summed E-state index contributed by atoms with van der Waals surface area (Å²) >= 11 is 1.49. The quantitative estimate of drug-likeness (QED) is 0.776. The summed E-state index contributed by atoms with van der Waals surface area (Å²) in [6.07, 6.45) is 0. The van der Waals surface area contributed by atoms with Gasteiger partial charge in [0, 0.05) is 44.4 Å². The van der Waals surface area contributed by atoms with Gasteiger partial charge in [-0.3, -0.25) is 9.69 Å². The Kier molecular flexibility index (Phi) is 6.00. The summed E-state index contributed by atoms with van der Waals surface area (Å²) in [5.74, 6) is 2.25. The highest BCUT2D eigenvalue weighted by Gasteiger charge is 2.23. The van der Waals surface area contributed by atoms with Gasteiger partial charge in [-0.2, -0.15) is 0 Å². The number of hydrogen-bond acceptors (Lipinski definition) is 6. The smallest absolute Gasteiger partial charge is 0.264 e. The van der Waals surface area contributed by atoms with Crippen LogP contribution in [0.5, 0.6) is 17.2 Å². The average molecular weight is 376 g/mol. The number of carbonyl (C=O) groups is 1. The zero-order chi connectivity index (χ0) is 18.5. The molecule has 2 aromatic rings. The number of methoxy groups -OCH3 is 3. The minimum atomic E-state index is 0.128. The van der Waals surface area contributed by atoms with Gasteiger partial charge in [-0.1, -0.05) is 6.07 Å². The minimum Gasteiger partial charge on any atom is -0.496 e. The third-order valence-corrected chi connectivity index (χ3v) is 5.43. The largest absolute Gasteiger partial charge is 0.496 e. The Balaban J connectivity index is 1.65. The standard InChI is InChI=1S/C19H24N2O4S/c1-23-15-12-17(25-3)16(24-2)11-14(15)13-20-6-8-21(9-7-20)19(22)18-5-4-10-26-18/h4-5,10-12H,6-9,13H2,1-3H3. The molecule has 0 radical (unpaired) electrons. The second-order valence-electron chi connectivity index (χ2n) is 6.06. The van der Waals surface area contributed by atoms with Gasteiger partial charge >= 0.3 is 0 Å². The molecule has 2 heterocycles. The predicted molar refractivity (Wildman–Crippen MR) is 102 cm³/mol. The fourth-order valence-electron chi connectivity index (χ4n) is 3.12. The molecule has 1 aromatic heterocycles. The van der Waals surface area contributed by atoms with Crippen LogP contribution >= 0.6 is 11.3 Å². The monoisotopic (exact) mass is 376 g/mol. The van der Waals surface area contributed by atoms with Crippen LogP contribution in [0, 0.1) is 0 Å². The molecule has 0 unspecified atom stereocenters. The first-order valence-electron chi connectivity index (χ1n) is 8.50. The highest BCUT2D eigenvalue weighted by molar-refractivity contribution is 7.12. The predicted octanol–water partition coefficient (Wildman–Crippen LogP) is 2.73. The van der Waals surface area contributed by atoms with Crippen LogP contribution in [0.4, 0.5) is 0 Å². The number of rotatable bonds is 6. The summed E-state index contributed by atoms with van der Waals surface area (Å²) in [5.41, 5.74) is 1.04. The molecule has 0 N–H and O–H groups in total. The van der Waals surface area contributed by atoms with Crippen molar-refractivity contribution >= 4 is 17.2 Å². The Bertz CT molecular complexity index is 740. The molecule has 6 nitrogen and oxygen atoms in total. The molecule has 1 amide bonds. The number of ether oxygens (including phenoxy) is 3. The normalized spacial score (nSPS) is 15.0. The van der Waals surface area contributed by atoms with Crippen molar-refractivity contribution in [1.29, 1.82) is 0 Å². The molecular weight excluding hydrogens is 352 g/mol. The Morgan fingerprint density at radius 1 is 1.00 bits per heavy atom. The molecule has 3 rings (SSSR count). The first-order chi connectivity index (χ1) is 12.7. The average Bonchev–Trinajstić information content (AvgIpc) is 3.22. The Hall–Kier alpha value is -2.25. The van der Waals surface area contributed by atoms with E-state index in [0.717, 1.165) is 48.9 Å². The molecule has 26 heavy (non-hydrogen) atoms. The summed E-state index contributed by atoms with van der Waals surface area (Å²) in [6.45, 7) is 3.85. The van der Waals surface area contributed by atoms with Gasteiger partial charge in [0.2, 0.25) is 0 Å². The first kappa shape index (κ1) is 18.5. The van der Waals surface area contributed by atoms with Crippen LogP contribution in [0.25, 0.3) is 0 Å². The highest BCUT2D eigenvalue weighted by atomic mass is 32.1. The third-order valence-electron chi connectivity index (χ3n) is 4.57. The number of nitrogens with zero attached hydrogens (tertiary/aromatic N) is 2. The van der Waals surface area contributed by atoms with Crippen molar-refractivity contribution in [3.05, 3.63) is 40.1 Å². The van der Waals surface area contributed by atoms with Crippen molar-refractivity contribution < 1.29 is 19.0 Å². The highest BCUT2D eigenvalue weighted by Crippen LogP contribution is 2.35. The lowest BCUT2D eigenvalue weighted by molar-refractivity contribution is 0.0632. The number of amides is 1. The summed E-state index contributed by atoms with van der Waals surface area (Å²) in [5, 5.41) is 1.94. The lowest BCUT2D eigenvalue weighted by Gasteiger charge is -2.34. The van der Waals surface area contributed by atoms with Crippen LogP contribution in [0.2, 0.25) is 0 Å². The molecule has 1 aromatic carbocycles. The number of hydrogen-bond donors (Lipinski definition) is 0. The lowest BCUT2D eigenvalue weighted by Crippen LogP contribution is -2.48. The molecule has 1 aliphatic rings. The van der Waals surface area contributed by atoms with E-state index in [2.05, 4.69) is 4.90 Å². The molecule has 0 spiro atoms. The van der Waals surface area contributed by atoms with Crippen molar-refractivity contribution in [2.24, 2.45) is 0 Å². The fraction of sp³-hybridized carbons (Fsp3) is 0.421. The molecule has 0 aliphatic carbocycles. The number of thiophene rings is 1. The fourth-order valence-corrected chi connectivity index (χ4v) is 3.81. The van der Waals surface area contributed by atoms with Gasteiger partial charge in [-0.15, -0.1) is 11.3 Å². The van der Waals surface area contributed by atoms with Gasteiger partial charge in [-0.25, -0.2) is 0 Å². The van der Waals surface area contributed by atoms with E-state index < -0.39 is 0 Å². The molecule has 0 atom stereocenters. The van der Waals surface area contributed by atoms with Crippen molar-refractivity contribution in [1.82, 2.24) is 9.80 Å². The van der Waals surface area contributed by atoms with Crippen molar-refractivity contribution in [3.63, 3.8) is 0 Å². The minimum absolute atomic E-state index is 0.128. The Morgan fingerprint density at radius 2 is 1.65 bits per heavy atom. The summed E-state index contributed by atoms with van der Waals surface area (Å²) in [6, 6.07) is 7.61. The van der Waals surface area contributed by atoms with Gasteiger partial charge < -0.3 is 19.1 Å². The molecule has 1 fully saturated rings. The molecule has 0 bridgehead atoms. The second-order valence-corrected chi connectivity index (χ2v) is 7.01. The number of piperazine rings is 1. The summed E-state index contributed by atoms with van der Waals surface area (Å²) < 4.78 is 16.3. The third kappa shape index (κ3) is 3.94. The molecule has 0 saturated carbocycles. The van der Waals surface area contributed by atoms with Crippen LogP contribution in [-0.4, -0.2) is 63.2 Å². The van der Waals surface area contributed by atoms with Gasteiger partial charge in [0.15, 0.2) is 11.5 Å². The van der Waals surface area contributed by atoms with Crippen LogP contribution in [0.15, 0.2) is 29.6 Å². The van der Waals surface area contributed by atoms with E-state index in [4.69, 9.17) is 14.2 Å². The number of benzene rings is 1. The van der Waals surface area contributed by atoms with Gasteiger partial charge in [0.05, 0.1) is 26.2 Å². The van der Waals surface area contributed by atoms with Crippen LogP contribution in [0.3, 0.4) is 0 Å². The maximum atomic E-state index is 12.4. The van der Waals surface area contributed by atoms with Gasteiger partial charge in [0.25, 0.3) is 5.91 Å². The molecule has 140 valence electrons. The van der Waals surface area contributed by atoms with E-state index in [1.54, 1.807) is 21.3 Å². The van der Waals surface area contributed by atoms with E-state index in [1.165, 1.54) is 11.3 Å². The van der Waals surface area contributed by atoms with Gasteiger partial charge in [-0.05, 0) is 17.5 Å². The van der Waals surface area contributed by atoms with E-state index in [9.17, 15) is 4.79 Å². The van der Waals surface area contributed by atoms with E-state index in [1.807, 2.05) is 34.5 Å². The zero-order valence-corrected chi connectivity index (χ0v) is 16.2. The Morgan fingerprint density at radius 3 is 2.23 bits per heavy atom. The SMILES string of the molecule is COc1cc(OC)c(OC)cc1CN1CCN(C(=O)c2cccs2)CC1. The van der Waals surface area contributed by atoms with E-state index in [0.29, 0.717) is 11.5 Å². The molecule has 7 heteroatoms. The Labute approximate surface area is 157 Å². The zero-order valence-electron chi connectivity index (χ0n) is 15.4. The van der Waals surface area contributed by atoms with Crippen LogP contribution in [0.1, 0.15) is 15.2 Å².